The van der Waals surface area contributed by atoms with Crippen molar-refractivity contribution in [3.8, 4) is 0 Å². The van der Waals surface area contributed by atoms with E-state index in [0.29, 0.717) is 5.82 Å². The lowest BCUT2D eigenvalue weighted by atomic mass is 10.1. The third kappa shape index (κ3) is 3.77. The highest BCUT2D eigenvalue weighted by atomic mass is 16.1. The Kier molecular flexibility index (Phi) is 4.07. The largest absolute Gasteiger partial charge is 0.290 e. The van der Waals surface area contributed by atoms with Gasteiger partial charge in [-0.2, -0.15) is 4.98 Å². The molecule has 0 aliphatic carbocycles. The van der Waals surface area contributed by atoms with E-state index in [1.807, 2.05) is 12.1 Å². The van der Waals surface area contributed by atoms with Gasteiger partial charge in [0.25, 0.3) is 5.91 Å². The number of aromatic amines is 1. The van der Waals surface area contributed by atoms with Crippen LogP contribution in [0.15, 0.2) is 30.3 Å². The van der Waals surface area contributed by atoms with E-state index in [9.17, 15) is 4.79 Å². The van der Waals surface area contributed by atoms with Crippen molar-refractivity contribution in [2.24, 2.45) is 0 Å². The Morgan fingerprint density at radius 2 is 2.11 bits per heavy atom. The lowest BCUT2D eigenvalue weighted by Gasteiger charge is -1.97. The number of aryl methyl sites for hydroxylation is 2. The summed E-state index contributed by atoms with van der Waals surface area (Å²) in [4.78, 5) is 15.6. The van der Waals surface area contributed by atoms with E-state index < -0.39 is 0 Å². The molecule has 2 rings (SSSR count). The molecule has 1 aromatic heterocycles. The molecule has 0 fully saturated rings. The molecule has 2 aromatic rings. The molecule has 0 aliphatic heterocycles. The molecular weight excluding hydrogens is 240 g/mol. The standard InChI is InChI=1S/C14H16N4O/c1-3-11-4-6-12(7-5-11)8-9-13(19)16-14-15-10(2)17-18-14/h4-9H,3H2,1-2H3,(H2,15,16,17,18,19)/b9-8+. The molecule has 1 heterocycles. The van der Waals surface area contributed by atoms with Gasteiger partial charge in [-0.1, -0.05) is 31.2 Å². The summed E-state index contributed by atoms with van der Waals surface area (Å²) in [7, 11) is 0. The first-order valence-corrected chi connectivity index (χ1v) is 6.14. The first-order valence-electron chi connectivity index (χ1n) is 6.14. The summed E-state index contributed by atoms with van der Waals surface area (Å²) in [6.07, 6.45) is 4.23. The van der Waals surface area contributed by atoms with Crippen LogP contribution in [-0.4, -0.2) is 21.1 Å². The fraction of sp³-hybridized carbons (Fsp3) is 0.214. The maximum absolute atomic E-state index is 11.6. The number of rotatable bonds is 4. The van der Waals surface area contributed by atoms with E-state index in [4.69, 9.17) is 0 Å². The predicted molar refractivity (Wildman–Crippen MR) is 74.6 cm³/mol. The molecular formula is C14H16N4O. The Labute approximate surface area is 111 Å². The summed E-state index contributed by atoms with van der Waals surface area (Å²) >= 11 is 0. The summed E-state index contributed by atoms with van der Waals surface area (Å²) in [5.41, 5.74) is 2.26. The zero-order valence-corrected chi connectivity index (χ0v) is 11.0. The van der Waals surface area contributed by atoms with Gasteiger partial charge in [0, 0.05) is 6.08 Å². The van der Waals surface area contributed by atoms with E-state index in [2.05, 4.69) is 39.6 Å². The van der Waals surface area contributed by atoms with Crippen LogP contribution in [0.25, 0.3) is 6.08 Å². The highest BCUT2D eigenvalue weighted by Crippen LogP contribution is 2.07. The van der Waals surface area contributed by atoms with E-state index in [1.54, 1.807) is 13.0 Å². The molecule has 19 heavy (non-hydrogen) atoms. The average Bonchev–Trinajstić information content (AvgIpc) is 2.82. The number of amides is 1. The monoisotopic (exact) mass is 256 g/mol. The zero-order chi connectivity index (χ0) is 13.7. The Balaban J connectivity index is 1.95. The molecule has 5 nitrogen and oxygen atoms in total. The van der Waals surface area contributed by atoms with Crippen LogP contribution in [0.3, 0.4) is 0 Å². The van der Waals surface area contributed by atoms with E-state index in [0.717, 1.165) is 12.0 Å². The minimum Gasteiger partial charge on any atom is -0.290 e. The number of hydrogen-bond acceptors (Lipinski definition) is 3. The van der Waals surface area contributed by atoms with Gasteiger partial charge >= 0.3 is 0 Å². The van der Waals surface area contributed by atoms with Gasteiger partial charge in [-0.05, 0) is 30.5 Å². The predicted octanol–water partition coefficient (Wildman–Crippen LogP) is 2.33. The molecule has 0 atom stereocenters. The summed E-state index contributed by atoms with van der Waals surface area (Å²) in [6.45, 7) is 3.88. The van der Waals surface area contributed by atoms with Crippen LogP contribution in [0.5, 0.6) is 0 Å². The molecule has 0 spiro atoms. The highest BCUT2D eigenvalue weighted by molar-refractivity contribution is 6.00. The molecule has 1 amide bonds. The van der Waals surface area contributed by atoms with Crippen molar-refractivity contribution in [3.05, 3.63) is 47.3 Å². The Morgan fingerprint density at radius 3 is 2.68 bits per heavy atom. The Bertz CT molecular complexity index is 584. The number of carbonyl (C=O) groups is 1. The van der Waals surface area contributed by atoms with Gasteiger partial charge in [-0.3, -0.25) is 15.2 Å². The van der Waals surface area contributed by atoms with Crippen LogP contribution in [-0.2, 0) is 11.2 Å². The maximum atomic E-state index is 11.6. The van der Waals surface area contributed by atoms with Gasteiger partial charge < -0.3 is 0 Å². The van der Waals surface area contributed by atoms with Gasteiger partial charge in [0.15, 0.2) is 0 Å². The SMILES string of the molecule is CCc1ccc(/C=C/C(=O)Nc2n[nH]c(C)n2)cc1. The van der Waals surface area contributed by atoms with Gasteiger partial charge in [-0.25, -0.2) is 0 Å². The number of nitrogens with one attached hydrogen (secondary N) is 2. The van der Waals surface area contributed by atoms with Gasteiger partial charge in [0.2, 0.25) is 5.95 Å². The number of aromatic nitrogens is 3. The van der Waals surface area contributed by atoms with Crippen molar-refractivity contribution in [2.45, 2.75) is 20.3 Å². The second-order valence-electron chi connectivity index (χ2n) is 4.16. The third-order valence-corrected chi connectivity index (χ3v) is 2.65. The van der Waals surface area contributed by atoms with Crippen molar-refractivity contribution in [1.82, 2.24) is 15.2 Å². The van der Waals surface area contributed by atoms with Crippen molar-refractivity contribution in [3.63, 3.8) is 0 Å². The lowest BCUT2D eigenvalue weighted by Crippen LogP contribution is -2.09. The molecule has 0 unspecified atom stereocenters. The summed E-state index contributed by atoms with van der Waals surface area (Å²) in [5.74, 6) is 0.696. The topological polar surface area (TPSA) is 70.7 Å². The Morgan fingerprint density at radius 1 is 1.37 bits per heavy atom. The van der Waals surface area contributed by atoms with Crippen LogP contribution < -0.4 is 5.32 Å². The van der Waals surface area contributed by atoms with Gasteiger partial charge in [0.05, 0.1) is 0 Å². The third-order valence-electron chi connectivity index (χ3n) is 2.65. The fourth-order valence-corrected chi connectivity index (χ4v) is 1.59. The second-order valence-corrected chi connectivity index (χ2v) is 4.16. The van der Waals surface area contributed by atoms with Crippen LogP contribution in [0.4, 0.5) is 5.95 Å². The number of H-pyrrole nitrogens is 1. The summed E-state index contributed by atoms with van der Waals surface area (Å²) in [6, 6.07) is 8.07. The molecule has 0 saturated carbocycles. The summed E-state index contributed by atoms with van der Waals surface area (Å²) < 4.78 is 0. The second kappa shape index (κ2) is 5.95. The number of nitrogens with zero attached hydrogens (tertiary/aromatic N) is 2. The molecule has 0 saturated heterocycles. The van der Waals surface area contributed by atoms with Crippen molar-refractivity contribution in [1.29, 1.82) is 0 Å². The normalized spacial score (nSPS) is 10.8. The van der Waals surface area contributed by atoms with Crippen molar-refractivity contribution in [2.75, 3.05) is 5.32 Å². The molecule has 0 radical (unpaired) electrons. The van der Waals surface area contributed by atoms with E-state index in [1.165, 1.54) is 11.6 Å². The number of anilines is 1. The number of hydrogen-bond donors (Lipinski definition) is 2. The van der Waals surface area contributed by atoms with Crippen LogP contribution in [0, 0.1) is 6.92 Å². The quantitative estimate of drug-likeness (QED) is 0.825. The first kappa shape index (κ1) is 13.0. The lowest BCUT2D eigenvalue weighted by molar-refractivity contribution is -0.111. The van der Waals surface area contributed by atoms with Crippen LogP contribution >= 0.6 is 0 Å². The van der Waals surface area contributed by atoms with Crippen molar-refractivity contribution < 1.29 is 4.79 Å². The molecule has 1 aromatic carbocycles. The maximum Gasteiger partial charge on any atom is 0.250 e. The highest BCUT2D eigenvalue weighted by Gasteiger charge is 2.02. The van der Waals surface area contributed by atoms with Gasteiger partial charge in [0.1, 0.15) is 5.82 Å². The molecule has 2 N–H and O–H groups in total. The average molecular weight is 256 g/mol. The van der Waals surface area contributed by atoms with Gasteiger partial charge in [-0.15, -0.1) is 5.10 Å². The molecule has 0 bridgehead atoms. The Hall–Kier alpha value is -2.43. The zero-order valence-electron chi connectivity index (χ0n) is 11.0. The van der Waals surface area contributed by atoms with Crippen LogP contribution in [0.2, 0.25) is 0 Å². The van der Waals surface area contributed by atoms with E-state index >= 15 is 0 Å². The minimum absolute atomic E-state index is 0.251. The minimum atomic E-state index is -0.251. The number of benzene rings is 1. The summed E-state index contributed by atoms with van der Waals surface area (Å²) in [5, 5.41) is 9.07. The fourth-order valence-electron chi connectivity index (χ4n) is 1.59. The van der Waals surface area contributed by atoms with E-state index in [-0.39, 0.29) is 11.9 Å². The first-order chi connectivity index (χ1) is 9.17. The smallest absolute Gasteiger partial charge is 0.250 e. The molecule has 0 aliphatic rings. The van der Waals surface area contributed by atoms with Crippen LogP contribution in [0.1, 0.15) is 23.9 Å². The van der Waals surface area contributed by atoms with Crippen molar-refractivity contribution >= 4 is 17.9 Å². The molecule has 5 heteroatoms. The number of carbonyl (C=O) groups excluding carboxylic acids is 1. The molecule has 98 valence electrons.